The third kappa shape index (κ3) is 4.91. The first-order chi connectivity index (χ1) is 12.2. The van der Waals surface area contributed by atoms with Crippen LogP contribution in [0.25, 0.3) is 0 Å². The number of carbonyl (C=O) groups is 1. The summed E-state index contributed by atoms with van der Waals surface area (Å²) >= 11 is 0. The molecular formula is C21H28N2O3. The molecule has 5 nitrogen and oxygen atoms in total. The first kappa shape index (κ1) is 19.6. The maximum absolute atomic E-state index is 12.5. The Morgan fingerprint density at radius 1 is 1.00 bits per heavy atom. The number of hydrogen-bond donors (Lipinski definition) is 2. The third-order valence-corrected chi connectivity index (χ3v) is 4.19. The molecule has 0 aliphatic rings. The Labute approximate surface area is 155 Å². The summed E-state index contributed by atoms with van der Waals surface area (Å²) in [5.41, 5.74) is 2.82. The van der Waals surface area contributed by atoms with E-state index in [9.17, 15) is 4.79 Å². The van der Waals surface area contributed by atoms with Crippen molar-refractivity contribution in [2.45, 2.75) is 39.2 Å². The number of anilines is 2. The molecule has 0 aromatic heterocycles. The summed E-state index contributed by atoms with van der Waals surface area (Å²) in [6, 6.07) is 12.9. The normalized spacial score (nSPS) is 12.2. The molecule has 0 saturated heterocycles. The fourth-order valence-electron chi connectivity index (χ4n) is 2.52. The standard InChI is InChI=1S/C21H28N2O3/c1-14(22-18-12-11-17(25-5)13-19(18)26-6)20(24)23-16-9-7-15(8-10-16)21(2,3)4/h7-14,22H,1-6H3,(H,23,24). The van der Waals surface area contributed by atoms with E-state index >= 15 is 0 Å². The highest BCUT2D eigenvalue weighted by Crippen LogP contribution is 2.29. The first-order valence-electron chi connectivity index (χ1n) is 8.64. The van der Waals surface area contributed by atoms with Gasteiger partial charge in [-0.15, -0.1) is 0 Å². The van der Waals surface area contributed by atoms with Crippen LogP contribution in [-0.2, 0) is 10.2 Å². The van der Waals surface area contributed by atoms with Crippen molar-refractivity contribution in [1.29, 1.82) is 0 Å². The van der Waals surface area contributed by atoms with Gasteiger partial charge in [0.1, 0.15) is 17.5 Å². The molecule has 1 amide bonds. The zero-order valence-corrected chi connectivity index (χ0v) is 16.3. The quantitative estimate of drug-likeness (QED) is 0.803. The van der Waals surface area contributed by atoms with Gasteiger partial charge in [-0.1, -0.05) is 32.9 Å². The highest BCUT2D eigenvalue weighted by molar-refractivity contribution is 5.96. The molecule has 2 rings (SSSR count). The Kier molecular flexibility index (Phi) is 6.14. The topological polar surface area (TPSA) is 59.6 Å². The molecule has 0 aliphatic carbocycles. The highest BCUT2D eigenvalue weighted by atomic mass is 16.5. The number of rotatable bonds is 6. The Morgan fingerprint density at radius 3 is 2.19 bits per heavy atom. The van der Waals surface area contributed by atoms with Crippen LogP contribution in [0.5, 0.6) is 11.5 Å². The molecule has 2 aromatic rings. The van der Waals surface area contributed by atoms with E-state index in [1.165, 1.54) is 5.56 Å². The lowest BCUT2D eigenvalue weighted by atomic mass is 9.87. The van der Waals surface area contributed by atoms with Crippen LogP contribution in [0.2, 0.25) is 0 Å². The lowest BCUT2D eigenvalue weighted by Gasteiger charge is -2.20. The lowest BCUT2D eigenvalue weighted by Crippen LogP contribution is -2.32. The number of nitrogens with one attached hydrogen (secondary N) is 2. The van der Waals surface area contributed by atoms with Gasteiger partial charge < -0.3 is 20.1 Å². The summed E-state index contributed by atoms with van der Waals surface area (Å²) in [7, 11) is 3.18. The van der Waals surface area contributed by atoms with E-state index in [4.69, 9.17) is 9.47 Å². The number of benzene rings is 2. The van der Waals surface area contributed by atoms with Crippen LogP contribution in [0.15, 0.2) is 42.5 Å². The van der Waals surface area contributed by atoms with Gasteiger partial charge in [0.15, 0.2) is 0 Å². The molecule has 5 heteroatoms. The predicted molar refractivity (Wildman–Crippen MR) is 106 cm³/mol. The fraction of sp³-hybridized carbons (Fsp3) is 0.381. The molecule has 1 unspecified atom stereocenters. The molecule has 2 aromatic carbocycles. The smallest absolute Gasteiger partial charge is 0.246 e. The highest BCUT2D eigenvalue weighted by Gasteiger charge is 2.17. The van der Waals surface area contributed by atoms with E-state index in [2.05, 4.69) is 31.4 Å². The lowest BCUT2D eigenvalue weighted by molar-refractivity contribution is -0.116. The maximum atomic E-state index is 12.5. The number of ether oxygens (including phenoxy) is 2. The van der Waals surface area contributed by atoms with E-state index in [-0.39, 0.29) is 11.3 Å². The summed E-state index contributed by atoms with van der Waals surface area (Å²) in [6.07, 6.45) is 0. The number of carbonyl (C=O) groups excluding carboxylic acids is 1. The van der Waals surface area contributed by atoms with Crippen LogP contribution in [0.4, 0.5) is 11.4 Å². The minimum Gasteiger partial charge on any atom is -0.497 e. The van der Waals surface area contributed by atoms with Gasteiger partial charge in [-0.3, -0.25) is 4.79 Å². The molecule has 0 bridgehead atoms. The van der Waals surface area contributed by atoms with E-state index in [1.54, 1.807) is 20.3 Å². The fourth-order valence-corrected chi connectivity index (χ4v) is 2.52. The molecule has 0 aliphatic heterocycles. The summed E-state index contributed by atoms with van der Waals surface area (Å²) < 4.78 is 10.5. The van der Waals surface area contributed by atoms with Crippen molar-refractivity contribution in [2.24, 2.45) is 0 Å². The number of methoxy groups -OCH3 is 2. The molecule has 0 saturated carbocycles. The summed E-state index contributed by atoms with van der Waals surface area (Å²) in [4.78, 5) is 12.5. The summed E-state index contributed by atoms with van der Waals surface area (Å²) in [5.74, 6) is 1.20. The van der Waals surface area contributed by atoms with Crippen LogP contribution in [-0.4, -0.2) is 26.2 Å². The largest absolute Gasteiger partial charge is 0.497 e. The Hall–Kier alpha value is -2.69. The van der Waals surface area contributed by atoms with Crippen LogP contribution >= 0.6 is 0 Å². The van der Waals surface area contributed by atoms with E-state index < -0.39 is 6.04 Å². The average Bonchev–Trinajstić information content (AvgIpc) is 2.61. The van der Waals surface area contributed by atoms with Crippen molar-refractivity contribution < 1.29 is 14.3 Å². The zero-order valence-electron chi connectivity index (χ0n) is 16.3. The van der Waals surface area contributed by atoms with E-state index in [1.807, 2.05) is 43.3 Å². The maximum Gasteiger partial charge on any atom is 0.246 e. The van der Waals surface area contributed by atoms with Gasteiger partial charge in [0.2, 0.25) is 5.91 Å². The van der Waals surface area contributed by atoms with Crippen LogP contribution in [0, 0.1) is 0 Å². The minimum absolute atomic E-state index is 0.0856. The van der Waals surface area contributed by atoms with Crippen LogP contribution in [0.1, 0.15) is 33.3 Å². The van der Waals surface area contributed by atoms with Crippen molar-refractivity contribution >= 4 is 17.3 Å². The summed E-state index contributed by atoms with van der Waals surface area (Å²) in [5, 5.41) is 6.11. The number of hydrogen-bond acceptors (Lipinski definition) is 4. The molecule has 0 spiro atoms. The second-order valence-electron chi connectivity index (χ2n) is 7.25. The van der Waals surface area contributed by atoms with Gasteiger partial charge in [-0.25, -0.2) is 0 Å². The van der Waals surface area contributed by atoms with Gasteiger partial charge in [-0.2, -0.15) is 0 Å². The third-order valence-electron chi connectivity index (χ3n) is 4.19. The molecule has 1 atom stereocenters. The van der Waals surface area contributed by atoms with Gasteiger partial charge in [0.25, 0.3) is 0 Å². The van der Waals surface area contributed by atoms with Crippen LogP contribution in [0.3, 0.4) is 0 Å². The predicted octanol–water partition coefficient (Wildman–Crippen LogP) is 4.44. The molecular weight excluding hydrogens is 328 g/mol. The summed E-state index contributed by atoms with van der Waals surface area (Å²) in [6.45, 7) is 8.29. The molecule has 2 N–H and O–H groups in total. The minimum atomic E-state index is -0.431. The molecule has 26 heavy (non-hydrogen) atoms. The first-order valence-corrected chi connectivity index (χ1v) is 8.64. The van der Waals surface area contributed by atoms with Gasteiger partial charge >= 0.3 is 0 Å². The van der Waals surface area contributed by atoms with E-state index in [0.717, 1.165) is 11.4 Å². The Bertz CT molecular complexity index is 749. The van der Waals surface area contributed by atoms with E-state index in [0.29, 0.717) is 11.5 Å². The molecule has 0 radical (unpaired) electrons. The van der Waals surface area contributed by atoms with Crippen molar-refractivity contribution in [3.63, 3.8) is 0 Å². The van der Waals surface area contributed by atoms with Crippen molar-refractivity contribution in [3.8, 4) is 11.5 Å². The average molecular weight is 356 g/mol. The Morgan fingerprint density at radius 2 is 1.65 bits per heavy atom. The zero-order chi connectivity index (χ0) is 19.3. The Balaban J connectivity index is 2.04. The van der Waals surface area contributed by atoms with Crippen molar-refractivity contribution in [3.05, 3.63) is 48.0 Å². The second-order valence-corrected chi connectivity index (χ2v) is 7.25. The molecule has 140 valence electrons. The van der Waals surface area contributed by atoms with Gasteiger partial charge in [0, 0.05) is 11.8 Å². The van der Waals surface area contributed by atoms with Gasteiger partial charge in [-0.05, 0) is 42.2 Å². The van der Waals surface area contributed by atoms with Crippen molar-refractivity contribution in [2.75, 3.05) is 24.9 Å². The van der Waals surface area contributed by atoms with Crippen molar-refractivity contribution in [1.82, 2.24) is 0 Å². The SMILES string of the molecule is COc1ccc(NC(C)C(=O)Nc2ccc(C(C)(C)C)cc2)c(OC)c1. The monoisotopic (exact) mass is 356 g/mol. The second kappa shape index (κ2) is 8.13. The molecule has 0 heterocycles. The number of amides is 1. The van der Waals surface area contributed by atoms with Gasteiger partial charge in [0.05, 0.1) is 19.9 Å². The van der Waals surface area contributed by atoms with Crippen LogP contribution < -0.4 is 20.1 Å². The molecule has 0 fully saturated rings.